The summed E-state index contributed by atoms with van der Waals surface area (Å²) in [4.78, 5) is 0. The fourth-order valence-electron chi connectivity index (χ4n) is 3.56. The molecule has 0 atom stereocenters. The predicted molar refractivity (Wildman–Crippen MR) is 112 cm³/mol. The topological polar surface area (TPSA) is 0 Å². The number of fused-ring (bicyclic) bond motifs is 3. The molecule has 0 saturated heterocycles. The van der Waals surface area contributed by atoms with Gasteiger partial charge >= 0.3 is 0 Å². The van der Waals surface area contributed by atoms with Crippen molar-refractivity contribution in [1.82, 2.24) is 0 Å². The summed E-state index contributed by atoms with van der Waals surface area (Å²) in [5.74, 6) is 0. The molecule has 0 heterocycles. The molecule has 0 nitrogen and oxygen atoms in total. The van der Waals surface area contributed by atoms with E-state index in [0.29, 0.717) is 0 Å². The van der Waals surface area contributed by atoms with Crippen molar-refractivity contribution < 1.29 is 0 Å². The van der Waals surface area contributed by atoms with Gasteiger partial charge in [-0.25, -0.2) is 0 Å². The van der Waals surface area contributed by atoms with Crippen molar-refractivity contribution in [1.29, 1.82) is 0 Å². The van der Waals surface area contributed by atoms with Gasteiger partial charge in [0.25, 0.3) is 0 Å². The first-order valence-electron chi connectivity index (χ1n) is 8.40. The van der Waals surface area contributed by atoms with Crippen LogP contribution in [0.1, 0.15) is 0 Å². The quantitative estimate of drug-likeness (QED) is 0.262. The normalized spacial score (nSPS) is 11.4. The maximum absolute atomic E-state index is 3.83. The summed E-state index contributed by atoms with van der Waals surface area (Å²) in [7, 11) is 0. The molecule has 0 bridgehead atoms. The summed E-state index contributed by atoms with van der Waals surface area (Å²) >= 11 is 3.83. The van der Waals surface area contributed by atoms with Crippen molar-refractivity contribution >= 4 is 48.2 Å². The third kappa shape index (κ3) is 2.43. The summed E-state index contributed by atoms with van der Waals surface area (Å²) in [5.41, 5.74) is 2.50. The zero-order valence-corrected chi connectivity index (χ0v) is 15.1. The van der Waals surface area contributed by atoms with Gasteiger partial charge in [-0.05, 0) is 77.6 Å². The highest BCUT2D eigenvalue weighted by Crippen LogP contribution is 2.35. The minimum Gasteiger partial charge on any atom is -0.0616 e. The van der Waals surface area contributed by atoms with Crippen LogP contribution in [0.5, 0.6) is 0 Å². The second kappa shape index (κ2) is 5.72. The van der Waals surface area contributed by atoms with Crippen molar-refractivity contribution in [2.45, 2.75) is 0 Å². The van der Waals surface area contributed by atoms with E-state index in [1.807, 2.05) is 0 Å². The average Bonchev–Trinajstić information content (AvgIpc) is 2.68. The van der Waals surface area contributed by atoms with Crippen LogP contribution in [0, 0.1) is 0 Å². The molecule has 0 amide bonds. The highest BCUT2D eigenvalue weighted by Gasteiger charge is 2.07. The molecule has 5 rings (SSSR count). The fourth-order valence-corrected chi connectivity index (χ4v) is 4.26. The third-order valence-electron chi connectivity index (χ3n) is 4.88. The summed E-state index contributed by atoms with van der Waals surface area (Å²) in [5, 5.41) is 7.59. The van der Waals surface area contributed by atoms with Gasteiger partial charge in [0.15, 0.2) is 0 Å². The average molecular weight is 383 g/mol. The van der Waals surface area contributed by atoms with E-state index in [4.69, 9.17) is 0 Å². The highest BCUT2D eigenvalue weighted by molar-refractivity contribution is 9.10. The first-order chi connectivity index (χ1) is 12.3. The Bertz CT molecular complexity index is 1250. The van der Waals surface area contributed by atoms with Crippen LogP contribution in [0.2, 0.25) is 0 Å². The van der Waals surface area contributed by atoms with E-state index in [2.05, 4.69) is 107 Å². The van der Waals surface area contributed by atoms with Crippen LogP contribution in [0.3, 0.4) is 0 Å². The largest absolute Gasteiger partial charge is 0.0616 e. The molecule has 0 spiro atoms. The molecule has 25 heavy (non-hydrogen) atoms. The summed E-state index contributed by atoms with van der Waals surface area (Å²) < 4.78 is 1.17. The van der Waals surface area contributed by atoms with E-state index < -0.39 is 0 Å². The lowest BCUT2D eigenvalue weighted by molar-refractivity contribution is 1.67. The molecular weight excluding hydrogens is 368 g/mol. The monoisotopic (exact) mass is 382 g/mol. The Balaban J connectivity index is 1.75. The van der Waals surface area contributed by atoms with Gasteiger partial charge in [-0.2, -0.15) is 0 Å². The molecule has 0 unspecified atom stereocenters. The zero-order valence-electron chi connectivity index (χ0n) is 13.5. The Morgan fingerprint density at radius 3 is 1.88 bits per heavy atom. The van der Waals surface area contributed by atoms with Gasteiger partial charge in [0, 0.05) is 4.47 Å². The molecule has 118 valence electrons. The Kier molecular flexibility index (Phi) is 3.36. The second-order valence-electron chi connectivity index (χ2n) is 6.41. The lowest BCUT2D eigenvalue weighted by Gasteiger charge is -2.10. The number of benzene rings is 5. The van der Waals surface area contributed by atoms with Crippen LogP contribution in [0.15, 0.2) is 95.5 Å². The van der Waals surface area contributed by atoms with Crippen molar-refractivity contribution in [3.63, 3.8) is 0 Å². The van der Waals surface area contributed by atoms with Crippen molar-refractivity contribution in [2.24, 2.45) is 0 Å². The van der Waals surface area contributed by atoms with E-state index in [1.54, 1.807) is 0 Å². The Labute approximate surface area is 154 Å². The minimum absolute atomic E-state index is 1.17. The van der Waals surface area contributed by atoms with E-state index in [0.717, 1.165) is 0 Å². The van der Waals surface area contributed by atoms with E-state index >= 15 is 0 Å². The number of halogens is 1. The molecule has 0 saturated carbocycles. The van der Waals surface area contributed by atoms with Crippen LogP contribution in [-0.2, 0) is 0 Å². The third-order valence-corrected chi connectivity index (χ3v) is 5.74. The van der Waals surface area contributed by atoms with Gasteiger partial charge in [0.1, 0.15) is 0 Å². The Morgan fingerprint density at radius 2 is 1.04 bits per heavy atom. The number of hydrogen-bond acceptors (Lipinski definition) is 0. The first-order valence-corrected chi connectivity index (χ1v) is 9.19. The molecule has 0 aliphatic carbocycles. The van der Waals surface area contributed by atoms with Crippen molar-refractivity contribution in [3.05, 3.63) is 95.5 Å². The maximum atomic E-state index is 3.83. The number of hydrogen-bond donors (Lipinski definition) is 0. The SMILES string of the molecule is Brc1c2ccccc2cc2ccc(-c3ccc4ccccc4c3)cc12. The van der Waals surface area contributed by atoms with E-state index in [9.17, 15) is 0 Å². The standard InChI is InChI=1S/C24H15Br/c25-24-22-8-4-3-7-20(22)14-21-12-11-19(15-23(21)24)18-10-9-16-5-1-2-6-17(16)13-18/h1-15H. The van der Waals surface area contributed by atoms with Gasteiger partial charge in [-0.1, -0.05) is 72.8 Å². The summed E-state index contributed by atoms with van der Waals surface area (Å²) in [6.07, 6.45) is 0. The van der Waals surface area contributed by atoms with Crippen LogP contribution in [-0.4, -0.2) is 0 Å². The van der Waals surface area contributed by atoms with Crippen LogP contribution in [0.4, 0.5) is 0 Å². The van der Waals surface area contributed by atoms with Crippen LogP contribution >= 0.6 is 15.9 Å². The summed E-state index contributed by atoms with van der Waals surface area (Å²) in [6.45, 7) is 0. The fraction of sp³-hybridized carbons (Fsp3) is 0. The molecule has 5 aromatic rings. The van der Waals surface area contributed by atoms with Gasteiger partial charge < -0.3 is 0 Å². The molecule has 0 fully saturated rings. The molecular formula is C24H15Br. The predicted octanol–water partition coefficient (Wildman–Crippen LogP) is 7.58. The molecule has 0 radical (unpaired) electrons. The van der Waals surface area contributed by atoms with Gasteiger partial charge in [-0.15, -0.1) is 0 Å². The molecule has 0 aromatic heterocycles. The molecule has 0 N–H and O–H groups in total. The smallest absolute Gasteiger partial charge is 0.0332 e. The minimum atomic E-state index is 1.17. The van der Waals surface area contributed by atoms with Gasteiger partial charge in [-0.3, -0.25) is 0 Å². The second-order valence-corrected chi connectivity index (χ2v) is 7.20. The molecule has 1 heteroatoms. The Morgan fingerprint density at radius 1 is 0.440 bits per heavy atom. The molecule has 0 aliphatic rings. The number of rotatable bonds is 1. The van der Waals surface area contributed by atoms with Crippen molar-refractivity contribution in [3.8, 4) is 11.1 Å². The molecule has 5 aromatic carbocycles. The maximum Gasteiger partial charge on any atom is 0.0332 e. The van der Waals surface area contributed by atoms with Crippen LogP contribution < -0.4 is 0 Å². The lowest BCUT2D eigenvalue weighted by atomic mass is 9.97. The zero-order chi connectivity index (χ0) is 16.8. The van der Waals surface area contributed by atoms with Crippen LogP contribution in [0.25, 0.3) is 43.4 Å². The van der Waals surface area contributed by atoms with E-state index in [-0.39, 0.29) is 0 Å². The first kappa shape index (κ1) is 14.7. The lowest BCUT2D eigenvalue weighted by Crippen LogP contribution is -1.83. The van der Waals surface area contributed by atoms with Gasteiger partial charge in [0.2, 0.25) is 0 Å². The van der Waals surface area contributed by atoms with Gasteiger partial charge in [0.05, 0.1) is 0 Å². The summed E-state index contributed by atoms with van der Waals surface area (Å²) in [6, 6.07) is 32.7. The van der Waals surface area contributed by atoms with E-state index in [1.165, 1.54) is 47.9 Å². The molecule has 0 aliphatic heterocycles. The highest BCUT2D eigenvalue weighted by atomic mass is 79.9. The Hall–Kier alpha value is -2.64. The van der Waals surface area contributed by atoms with Crippen molar-refractivity contribution in [2.75, 3.05) is 0 Å².